The van der Waals surface area contributed by atoms with E-state index in [4.69, 9.17) is 20.9 Å². The number of fused-ring (bicyclic) bond motifs is 12. The van der Waals surface area contributed by atoms with Crippen LogP contribution in [0.4, 0.5) is 0 Å². The van der Waals surface area contributed by atoms with E-state index in [1.165, 1.54) is 15.2 Å². The van der Waals surface area contributed by atoms with E-state index in [1.54, 1.807) is 0 Å². The Kier molecular flexibility index (Phi) is 5.60. The van der Waals surface area contributed by atoms with Gasteiger partial charge in [0.1, 0.15) is 11.6 Å². The molecule has 0 bridgehead atoms. The van der Waals surface area contributed by atoms with Crippen LogP contribution in [0, 0.1) is 0 Å². The van der Waals surface area contributed by atoms with Gasteiger partial charge in [-0.15, -0.1) is 0 Å². The van der Waals surface area contributed by atoms with E-state index < -0.39 is 96.7 Å². The zero-order valence-electron chi connectivity index (χ0n) is 52.5. The summed E-state index contributed by atoms with van der Waals surface area (Å²) < 4.78 is 154. The standard InChI is InChI=1S/C64H40N6/c1-2-20-41(21-3-1)67-57-37-17-10-28-50(57)62-48(29-18-38-58(62)67)49-30-19-39-59(68-51-31-11-4-22-42(51)43-23-5-12-32-52(43)68)63(49)64-65-60(69-53-33-13-6-24-44(53)45-25-7-14-34-54(45)69)40-61(66-64)70-55-35-15-8-26-46(55)47-27-9-16-36-56(47)70/h1-40H/i6D,7D,8D,9D,13D,14D,15D,16D,24D,25D,26D,27D,33D,34D,35D,36D. The number of hydrogen-bond donors (Lipinski definition) is 0. The molecule has 0 spiro atoms. The summed E-state index contributed by atoms with van der Waals surface area (Å²) in [6, 6.07) is 36.5. The molecule has 5 aromatic heterocycles. The molecule has 0 fully saturated rings. The van der Waals surface area contributed by atoms with E-state index in [0.717, 1.165) is 49.3 Å². The van der Waals surface area contributed by atoms with Crippen molar-refractivity contribution in [3.05, 3.63) is 242 Å². The smallest absolute Gasteiger partial charge is 0.166 e. The fourth-order valence-corrected chi connectivity index (χ4v) is 10.5. The molecule has 326 valence electrons. The van der Waals surface area contributed by atoms with Gasteiger partial charge in [-0.25, -0.2) is 9.97 Å². The Hall–Kier alpha value is -9.52. The van der Waals surface area contributed by atoms with Crippen molar-refractivity contribution in [2.75, 3.05) is 0 Å². The molecule has 15 rings (SSSR count). The SMILES string of the molecule is [2H]c1c([2H])c([2H])c2c(c1[2H])c1c([2H])c([2H])c([2H])c([2H])c1n2-c1cc(-n2c3c([2H])c([2H])c([2H])c([2H])c3c3c([2H])c([2H])c([2H])c([2H])c32)nc(-c2c(-c3cccc4c3c3ccccc3n4-c3ccccc3)cccc2-n2c3ccccc3c3ccccc32)n1. The Labute approximate surface area is 424 Å². The number of para-hydroxylation sites is 8. The first-order chi connectivity index (χ1) is 41.4. The minimum atomic E-state index is -0.688. The summed E-state index contributed by atoms with van der Waals surface area (Å²) in [4.78, 5) is 10.9. The van der Waals surface area contributed by atoms with Gasteiger partial charge in [0.05, 0.1) is 77.3 Å². The summed E-state index contributed by atoms with van der Waals surface area (Å²) in [7, 11) is 0. The summed E-state index contributed by atoms with van der Waals surface area (Å²) in [5.74, 6) is -0.626. The third-order valence-corrected chi connectivity index (χ3v) is 13.3. The molecule has 5 heterocycles. The van der Waals surface area contributed by atoms with E-state index in [0.29, 0.717) is 22.4 Å². The van der Waals surface area contributed by atoms with Crippen LogP contribution in [-0.4, -0.2) is 28.2 Å². The van der Waals surface area contributed by atoms with Gasteiger partial charge in [-0.05, 0) is 77.8 Å². The lowest BCUT2D eigenvalue weighted by molar-refractivity contribution is 0.991. The molecule has 0 aliphatic heterocycles. The quantitative estimate of drug-likeness (QED) is 0.167. The summed E-state index contributed by atoms with van der Waals surface area (Å²) >= 11 is 0. The highest BCUT2D eigenvalue weighted by Crippen LogP contribution is 2.46. The Balaban J connectivity index is 1.20. The van der Waals surface area contributed by atoms with Crippen LogP contribution in [0.15, 0.2) is 242 Å². The van der Waals surface area contributed by atoms with Gasteiger partial charge < -0.3 is 9.13 Å². The second-order valence-electron chi connectivity index (χ2n) is 16.9. The van der Waals surface area contributed by atoms with Crippen molar-refractivity contribution < 1.29 is 21.9 Å². The van der Waals surface area contributed by atoms with Crippen LogP contribution in [-0.2, 0) is 0 Å². The predicted octanol–water partition coefficient (Wildman–Crippen LogP) is 16.2. The molecule has 0 aliphatic carbocycles. The second-order valence-corrected chi connectivity index (χ2v) is 16.9. The maximum atomic E-state index is 9.60. The first kappa shape index (κ1) is 26.1. The van der Waals surface area contributed by atoms with Gasteiger partial charge >= 0.3 is 0 Å². The van der Waals surface area contributed by atoms with Gasteiger partial charge in [0.2, 0.25) is 0 Å². The molecule has 6 nitrogen and oxygen atoms in total. The van der Waals surface area contributed by atoms with Gasteiger partial charge in [-0.2, -0.15) is 0 Å². The molecule has 0 aliphatic rings. The third kappa shape index (κ3) is 5.50. The topological polar surface area (TPSA) is 45.5 Å². The summed E-state index contributed by atoms with van der Waals surface area (Å²) in [5, 5.41) is 2.58. The number of aromatic nitrogens is 6. The van der Waals surface area contributed by atoms with E-state index in [1.807, 2.05) is 140 Å². The summed E-state index contributed by atoms with van der Waals surface area (Å²) in [6.45, 7) is 0. The van der Waals surface area contributed by atoms with Gasteiger partial charge in [-0.3, -0.25) is 9.13 Å². The molecule has 0 unspecified atom stereocenters. The molecule has 0 saturated heterocycles. The molecule has 15 aromatic rings. The van der Waals surface area contributed by atoms with E-state index in [9.17, 15) is 11.0 Å². The highest BCUT2D eigenvalue weighted by molar-refractivity contribution is 6.18. The number of hydrogen-bond acceptors (Lipinski definition) is 2. The molecule has 0 radical (unpaired) electrons. The monoisotopic (exact) mass is 908 g/mol. The van der Waals surface area contributed by atoms with E-state index in [-0.39, 0.29) is 61.1 Å². The normalized spacial score (nSPS) is 15.2. The van der Waals surface area contributed by atoms with Crippen LogP contribution >= 0.6 is 0 Å². The van der Waals surface area contributed by atoms with Crippen LogP contribution < -0.4 is 0 Å². The Morgan fingerprint density at radius 2 is 0.743 bits per heavy atom. The van der Waals surface area contributed by atoms with Crippen LogP contribution in [0.1, 0.15) is 21.9 Å². The third-order valence-electron chi connectivity index (χ3n) is 13.3. The van der Waals surface area contributed by atoms with Crippen molar-refractivity contribution in [1.82, 2.24) is 28.2 Å². The molecule has 0 atom stereocenters. The van der Waals surface area contributed by atoms with Gasteiger partial charge in [0.15, 0.2) is 5.82 Å². The average Bonchev–Trinajstić information content (AvgIpc) is 1.56. The Bertz CT molecular complexity index is 5180. The maximum absolute atomic E-state index is 9.60. The molecule has 0 amide bonds. The molecule has 0 N–H and O–H groups in total. The number of nitrogens with zero attached hydrogens (tertiary/aromatic N) is 6. The van der Waals surface area contributed by atoms with Crippen molar-refractivity contribution in [3.63, 3.8) is 0 Å². The molecule has 0 saturated carbocycles. The first-order valence-corrected chi connectivity index (χ1v) is 22.5. The zero-order valence-corrected chi connectivity index (χ0v) is 36.5. The fraction of sp³-hybridized carbons (Fsp3) is 0. The van der Waals surface area contributed by atoms with Gasteiger partial charge in [-0.1, -0.05) is 170 Å². The van der Waals surface area contributed by atoms with Crippen LogP contribution in [0.25, 0.3) is 133 Å². The Morgan fingerprint density at radius 1 is 0.314 bits per heavy atom. The van der Waals surface area contributed by atoms with Crippen molar-refractivity contribution in [1.29, 1.82) is 0 Å². The minimum Gasteiger partial charge on any atom is -0.309 e. The fourth-order valence-electron chi connectivity index (χ4n) is 10.5. The number of benzene rings is 10. The van der Waals surface area contributed by atoms with Crippen molar-refractivity contribution in [3.8, 4) is 45.5 Å². The number of rotatable bonds is 6. The Morgan fingerprint density at radius 3 is 1.29 bits per heavy atom. The summed E-state index contributed by atoms with van der Waals surface area (Å²) in [5.41, 5.74) is 5.23. The second kappa shape index (κ2) is 15.0. The lowest BCUT2D eigenvalue weighted by atomic mass is 9.93. The molecule has 10 aromatic carbocycles. The molecular weight excluding hydrogens is 853 g/mol. The molecular formula is C64H40N6. The van der Waals surface area contributed by atoms with Crippen LogP contribution in [0.5, 0.6) is 0 Å². The zero-order chi connectivity index (χ0) is 59.8. The predicted molar refractivity (Wildman–Crippen MR) is 290 cm³/mol. The van der Waals surface area contributed by atoms with Gasteiger partial charge in [0.25, 0.3) is 0 Å². The van der Waals surface area contributed by atoms with Crippen molar-refractivity contribution in [2.24, 2.45) is 0 Å². The van der Waals surface area contributed by atoms with Crippen LogP contribution in [0.3, 0.4) is 0 Å². The van der Waals surface area contributed by atoms with Crippen LogP contribution in [0.2, 0.25) is 0 Å². The average molecular weight is 909 g/mol. The lowest BCUT2D eigenvalue weighted by Gasteiger charge is -2.20. The van der Waals surface area contributed by atoms with Gasteiger partial charge in [0, 0.05) is 54.8 Å². The van der Waals surface area contributed by atoms with Crippen molar-refractivity contribution in [2.45, 2.75) is 0 Å². The minimum absolute atomic E-state index is 0.123. The van der Waals surface area contributed by atoms with Crippen molar-refractivity contribution >= 4 is 87.2 Å². The van der Waals surface area contributed by atoms with E-state index in [2.05, 4.69) is 9.13 Å². The first-order valence-electron chi connectivity index (χ1n) is 30.5. The summed E-state index contributed by atoms with van der Waals surface area (Å²) in [6.07, 6.45) is 0. The lowest BCUT2D eigenvalue weighted by Crippen LogP contribution is -2.08. The highest BCUT2D eigenvalue weighted by atomic mass is 15.2. The highest BCUT2D eigenvalue weighted by Gasteiger charge is 2.26. The molecule has 6 heteroatoms. The largest absolute Gasteiger partial charge is 0.309 e. The van der Waals surface area contributed by atoms with E-state index >= 15 is 0 Å². The molecule has 70 heavy (non-hydrogen) atoms. The maximum Gasteiger partial charge on any atom is 0.166 e.